The van der Waals surface area contributed by atoms with Gasteiger partial charge in [-0.2, -0.15) is 0 Å². The van der Waals surface area contributed by atoms with Crippen LogP contribution in [0.3, 0.4) is 0 Å². The van der Waals surface area contributed by atoms with Crippen molar-refractivity contribution in [2.24, 2.45) is 10.7 Å². The molecule has 1 aromatic rings. The van der Waals surface area contributed by atoms with Crippen LogP contribution < -0.4 is 16.0 Å². The molecule has 1 saturated heterocycles. The number of anilines is 1. The predicted molar refractivity (Wildman–Crippen MR) is 92.1 cm³/mol. The number of nitrogens with two attached hydrogens (primary N) is 1. The number of aliphatic imine (C=N–C) groups is 1. The summed E-state index contributed by atoms with van der Waals surface area (Å²) in [5.74, 6) is 0.0850. The van der Waals surface area contributed by atoms with Gasteiger partial charge in [0.1, 0.15) is 5.82 Å². The molecule has 3 N–H and O–H groups in total. The number of ether oxygens (including phenoxy) is 1. The van der Waals surface area contributed by atoms with E-state index in [4.69, 9.17) is 10.5 Å². The van der Waals surface area contributed by atoms with Crippen LogP contribution in [-0.4, -0.2) is 37.8 Å². The van der Waals surface area contributed by atoms with E-state index in [-0.39, 0.29) is 18.0 Å². The van der Waals surface area contributed by atoms with Crippen molar-refractivity contribution in [2.75, 3.05) is 24.5 Å². The summed E-state index contributed by atoms with van der Waals surface area (Å²) < 4.78 is 20.1. The molecule has 2 unspecified atom stereocenters. The normalized spacial score (nSPS) is 22.0. The second-order valence-corrected chi connectivity index (χ2v) is 5.82. The van der Waals surface area contributed by atoms with Gasteiger partial charge in [0.2, 0.25) is 0 Å². The standard InChI is InChI=1S/C17H25FN4O/c1-4-7-20-17(19)21-9-14-5-6-16(15(18)8-14)22-10-12(2)23-13(3)11-22/h4-6,8,12-13H,1,7,9-11H2,2-3H3,(H3,19,20,21). The van der Waals surface area contributed by atoms with Gasteiger partial charge >= 0.3 is 0 Å². The molecule has 0 bridgehead atoms. The number of halogens is 1. The lowest BCUT2D eigenvalue weighted by atomic mass is 10.1. The summed E-state index contributed by atoms with van der Waals surface area (Å²) in [5, 5.41) is 2.88. The summed E-state index contributed by atoms with van der Waals surface area (Å²) in [6.07, 6.45) is 1.89. The molecule has 0 spiro atoms. The molecular formula is C17H25FN4O. The molecule has 2 rings (SSSR count). The third-order valence-corrected chi connectivity index (χ3v) is 3.63. The highest BCUT2D eigenvalue weighted by Crippen LogP contribution is 2.24. The number of hydrogen-bond donors (Lipinski definition) is 2. The third kappa shape index (κ3) is 4.96. The minimum Gasteiger partial charge on any atom is -0.372 e. The van der Waals surface area contributed by atoms with Crippen molar-refractivity contribution in [3.63, 3.8) is 0 Å². The zero-order valence-electron chi connectivity index (χ0n) is 13.8. The van der Waals surface area contributed by atoms with Gasteiger partial charge in [-0.1, -0.05) is 12.1 Å². The van der Waals surface area contributed by atoms with Gasteiger partial charge in [-0.3, -0.25) is 0 Å². The highest BCUT2D eigenvalue weighted by atomic mass is 19.1. The van der Waals surface area contributed by atoms with Gasteiger partial charge in [0.25, 0.3) is 0 Å². The number of hydrogen-bond acceptors (Lipinski definition) is 3. The Labute approximate surface area is 137 Å². The number of nitrogens with one attached hydrogen (secondary N) is 1. The van der Waals surface area contributed by atoms with Crippen LogP contribution in [0.25, 0.3) is 0 Å². The number of benzene rings is 1. The minimum absolute atomic E-state index is 0.0955. The Kier molecular flexibility index (Phi) is 5.98. The maximum atomic E-state index is 14.4. The topological polar surface area (TPSA) is 62.9 Å². The second kappa shape index (κ2) is 7.97. The van der Waals surface area contributed by atoms with Gasteiger partial charge in [0.15, 0.2) is 5.96 Å². The lowest BCUT2D eigenvalue weighted by Crippen LogP contribution is -2.45. The molecule has 0 radical (unpaired) electrons. The van der Waals surface area contributed by atoms with Crippen LogP contribution in [0.4, 0.5) is 10.1 Å². The fourth-order valence-corrected chi connectivity index (χ4v) is 2.69. The van der Waals surface area contributed by atoms with Crippen molar-refractivity contribution in [3.05, 3.63) is 42.2 Å². The zero-order chi connectivity index (χ0) is 16.8. The maximum absolute atomic E-state index is 14.4. The van der Waals surface area contributed by atoms with E-state index in [0.717, 1.165) is 5.56 Å². The van der Waals surface area contributed by atoms with Crippen molar-refractivity contribution in [3.8, 4) is 0 Å². The number of morpholine rings is 1. The fraction of sp³-hybridized carbons (Fsp3) is 0.471. The third-order valence-electron chi connectivity index (χ3n) is 3.63. The SMILES string of the molecule is C=CCNC(N)=NCc1ccc(N2CC(C)OC(C)C2)c(F)c1. The molecule has 0 saturated carbocycles. The van der Waals surface area contributed by atoms with Crippen molar-refractivity contribution >= 4 is 11.6 Å². The molecule has 126 valence electrons. The molecule has 0 amide bonds. The van der Waals surface area contributed by atoms with Gasteiger partial charge in [-0.25, -0.2) is 9.38 Å². The summed E-state index contributed by atoms with van der Waals surface area (Å²) in [5.41, 5.74) is 7.09. The lowest BCUT2D eigenvalue weighted by molar-refractivity contribution is -0.00539. The molecular weight excluding hydrogens is 295 g/mol. The smallest absolute Gasteiger partial charge is 0.189 e. The van der Waals surface area contributed by atoms with E-state index >= 15 is 0 Å². The molecule has 5 nitrogen and oxygen atoms in total. The Hall–Kier alpha value is -2.08. The number of nitrogens with zero attached hydrogens (tertiary/aromatic N) is 2. The Bertz CT molecular complexity index is 566. The van der Waals surface area contributed by atoms with E-state index < -0.39 is 0 Å². The number of guanidine groups is 1. The molecule has 2 atom stereocenters. The van der Waals surface area contributed by atoms with Gasteiger partial charge < -0.3 is 20.7 Å². The molecule has 0 aromatic heterocycles. The van der Waals surface area contributed by atoms with Crippen LogP contribution >= 0.6 is 0 Å². The molecule has 23 heavy (non-hydrogen) atoms. The van der Waals surface area contributed by atoms with E-state index in [0.29, 0.717) is 37.8 Å². The van der Waals surface area contributed by atoms with Crippen LogP contribution in [0.1, 0.15) is 19.4 Å². The average Bonchev–Trinajstić information content (AvgIpc) is 2.50. The van der Waals surface area contributed by atoms with Gasteiger partial charge in [0, 0.05) is 19.6 Å². The molecule has 1 aromatic carbocycles. The molecule has 1 fully saturated rings. The van der Waals surface area contributed by atoms with Crippen LogP contribution in [-0.2, 0) is 11.3 Å². The average molecular weight is 320 g/mol. The number of rotatable bonds is 5. The first-order valence-corrected chi connectivity index (χ1v) is 7.83. The van der Waals surface area contributed by atoms with E-state index in [9.17, 15) is 4.39 Å². The zero-order valence-corrected chi connectivity index (χ0v) is 13.8. The minimum atomic E-state index is -0.239. The van der Waals surface area contributed by atoms with E-state index in [1.165, 1.54) is 6.07 Å². The van der Waals surface area contributed by atoms with Gasteiger partial charge in [0.05, 0.1) is 24.4 Å². The van der Waals surface area contributed by atoms with Crippen LogP contribution in [0.5, 0.6) is 0 Å². The predicted octanol–water partition coefficient (Wildman–Crippen LogP) is 2.03. The van der Waals surface area contributed by atoms with E-state index in [1.54, 1.807) is 12.1 Å². The summed E-state index contributed by atoms with van der Waals surface area (Å²) in [7, 11) is 0. The first-order valence-electron chi connectivity index (χ1n) is 7.83. The van der Waals surface area contributed by atoms with E-state index in [2.05, 4.69) is 16.9 Å². The molecule has 0 aliphatic carbocycles. The highest BCUT2D eigenvalue weighted by Gasteiger charge is 2.24. The molecule has 1 aliphatic rings. The highest BCUT2D eigenvalue weighted by molar-refractivity contribution is 5.77. The van der Waals surface area contributed by atoms with Crippen molar-refractivity contribution < 1.29 is 9.13 Å². The van der Waals surface area contributed by atoms with Crippen LogP contribution in [0, 0.1) is 5.82 Å². The Balaban J connectivity index is 2.04. The van der Waals surface area contributed by atoms with Gasteiger partial charge in [-0.15, -0.1) is 6.58 Å². The second-order valence-electron chi connectivity index (χ2n) is 5.82. The molecule has 1 aliphatic heterocycles. The molecule has 6 heteroatoms. The summed E-state index contributed by atoms with van der Waals surface area (Å²) in [4.78, 5) is 6.20. The Morgan fingerprint density at radius 2 is 2.17 bits per heavy atom. The summed E-state index contributed by atoms with van der Waals surface area (Å²) in [6, 6.07) is 5.20. The quantitative estimate of drug-likeness (QED) is 0.495. The Morgan fingerprint density at radius 3 is 2.78 bits per heavy atom. The maximum Gasteiger partial charge on any atom is 0.189 e. The lowest BCUT2D eigenvalue weighted by Gasteiger charge is -2.37. The van der Waals surface area contributed by atoms with Gasteiger partial charge in [-0.05, 0) is 31.5 Å². The van der Waals surface area contributed by atoms with E-state index in [1.807, 2.05) is 24.8 Å². The van der Waals surface area contributed by atoms with Crippen LogP contribution in [0.2, 0.25) is 0 Å². The fourth-order valence-electron chi connectivity index (χ4n) is 2.69. The largest absolute Gasteiger partial charge is 0.372 e. The van der Waals surface area contributed by atoms with Crippen molar-refractivity contribution in [1.82, 2.24) is 5.32 Å². The van der Waals surface area contributed by atoms with Crippen LogP contribution in [0.15, 0.2) is 35.8 Å². The van der Waals surface area contributed by atoms with Crippen molar-refractivity contribution in [2.45, 2.75) is 32.6 Å². The first kappa shape index (κ1) is 17.3. The Morgan fingerprint density at radius 1 is 1.48 bits per heavy atom. The van der Waals surface area contributed by atoms with Crippen molar-refractivity contribution in [1.29, 1.82) is 0 Å². The first-order chi connectivity index (χ1) is 11.0. The molecule has 1 heterocycles. The summed E-state index contributed by atoms with van der Waals surface area (Å²) in [6.45, 7) is 9.87. The monoisotopic (exact) mass is 320 g/mol. The summed E-state index contributed by atoms with van der Waals surface area (Å²) >= 11 is 0.